The average Bonchev–Trinajstić information content (AvgIpc) is 2.35. The normalized spacial score (nSPS) is 17.0. The minimum atomic E-state index is 0.173. The largest absolute Gasteiger partial charge is 0.354 e. The van der Waals surface area contributed by atoms with Crippen molar-refractivity contribution in [2.45, 2.75) is 19.5 Å². The Morgan fingerprint density at radius 3 is 2.68 bits per heavy atom. The number of likely N-dealkylation sites (N-methyl/N-ethyl adjacent to an activating group) is 1. The van der Waals surface area contributed by atoms with Crippen LogP contribution in [0.25, 0.3) is 0 Å². The van der Waals surface area contributed by atoms with Crippen LogP contribution in [0.3, 0.4) is 0 Å². The first-order valence-electron chi connectivity index (χ1n) is 6.89. The van der Waals surface area contributed by atoms with Crippen molar-refractivity contribution in [1.82, 2.24) is 15.5 Å². The highest BCUT2D eigenvalue weighted by Gasteiger charge is 2.24. The van der Waals surface area contributed by atoms with E-state index in [2.05, 4.69) is 53.8 Å². The summed E-state index contributed by atoms with van der Waals surface area (Å²) in [6.07, 6.45) is 0. The van der Waals surface area contributed by atoms with Crippen LogP contribution in [0.5, 0.6) is 0 Å². The van der Waals surface area contributed by atoms with Crippen LogP contribution in [0.1, 0.15) is 12.5 Å². The molecule has 0 aromatic heterocycles. The summed E-state index contributed by atoms with van der Waals surface area (Å²) in [5.41, 5.74) is 1.30. The van der Waals surface area contributed by atoms with Gasteiger partial charge in [-0.15, -0.1) is 0 Å². The number of rotatable bonds is 6. The van der Waals surface area contributed by atoms with Gasteiger partial charge in [0.1, 0.15) is 0 Å². The molecular weight excluding hydrogens is 238 g/mol. The molecule has 1 atom stereocenters. The Kier molecular flexibility index (Phi) is 4.93. The van der Waals surface area contributed by atoms with E-state index in [1.54, 1.807) is 0 Å². The van der Waals surface area contributed by atoms with Gasteiger partial charge in [-0.1, -0.05) is 30.3 Å². The van der Waals surface area contributed by atoms with Crippen LogP contribution in [0.2, 0.25) is 0 Å². The van der Waals surface area contributed by atoms with Gasteiger partial charge in [0, 0.05) is 32.2 Å². The predicted molar refractivity (Wildman–Crippen MR) is 76.7 cm³/mol. The quantitative estimate of drug-likeness (QED) is 0.798. The van der Waals surface area contributed by atoms with Gasteiger partial charge in [-0.25, -0.2) is 0 Å². The Bertz CT molecular complexity index is 403. The highest BCUT2D eigenvalue weighted by atomic mass is 16.2. The topological polar surface area (TPSA) is 44.4 Å². The molecule has 0 saturated carbocycles. The van der Waals surface area contributed by atoms with Crippen molar-refractivity contribution in [2.75, 3.05) is 26.7 Å². The molecule has 0 radical (unpaired) electrons. The fourth-order valence-corrected chi connectivity index (χ4v) is 2.05. The molecule has 0 spiro atoms. The van der Waals surface area contributed by atoms with Gasteiger partial charge in [0.15, 0.2) is 0 Å². The van der Waals surface area contributed by atoms with Gasteiger partial charge in [-0.05, 0) is 19.5 Å². The third-order valence-electron chi connectivity index (χ3n) is 3.75. The van der Waals surface area contributed by atoms with Crippen LogP contribution in [0.15, 0.2) is 30.3 Å². The number of amides is 1. The second kappa shape index (κ2) is 6.68. The fourth-order valence-electron chi connectivity index (χ4n) is 2.05. The molecule has 1 aromatic rings. The maximum Gasteiger partial charge on any atom is 0.225 e. The number of nitrogens with zero attached hydrogens (tertiary/aromatic N) is 1. The third-order valence-corrected chi connectivity index (χ3v) is 3.75. The number of carbonyl (C=O) groups is 1. The molecule has 104 valence electrons. The molecule has 0 bridgehead atoms. The number of benzene rings is 1. The summed E-state index contributed by atoms with van der Waals surface area (Å²) in [4.78, 5) is 14.0. The lowest BCUT2D eigenvalue weighted by Crippen LogP contribution is -2.52. The number of hydrogen-bond acceptors (Lipinski definition) is 3. The molecule has 4 nitrogen and oxygen atoms in total. The summed E-state index contributed by atoms with van der Waals surface area (Å²) >= 11 is 0. The van der Waals surface area contributed by atoms with E-state index in [-0.39, 0.29) is 11.8 Å². The van der Waals surface area contributed by atoms with E-state index < -0.39 is 0 Å². The van der Waals surface area contributed by atoms with Crippen LogP contribution in [-0.4, -0.2) is 43.5 Å². The van der Waals surface area contributed by atoms with Gasteiger partial charge in [0.05, 0.1) is 5.92 Å². The Balaban J connectivity index is 1.72. The van der Waals surface area contributed by atoms with Gasteiger partial charge in [0.2, 0.25) is 5.91 Å². The van der Waals surface area contributed by atoms with E-state index in [0.717, 1.165) is 19.6 Å². The van der Waals surface area contributed by atoms with Gasteiger partial charge in [0.25, 0.3) is 0 Å². The van der Waals surface area contributed by atoms with E-state index in [1.165, 1.54) is 5.56 Å². The first kappa shape index (κ1) is 14.0. The number of hydrogen-bond donors (Lipinski definition) is 2. The molecule has 1 heterocycles. The molecule has 1 aromatic carbocycles. The zero-order valence-corrected chi connectivity index (χ0v) is 11.7. The highest BCUT2D eigenvalue weighted by Crippen LogP contribution is 2.06. The lowest BCUT2D eigenvalue weighted by Gasteiger charge is -2.29. The zero-order chi connectivity index (χ0) is 13.7. The minimum absolute atomic E-state index is 0.173. The van der Waals surface area contributed by atoms with E-state index in [0.29, 0.717) is 12.6 Å². The van der Waals surface area contributed by atoms with Crippen LogP contribution < -0.4 is 10.6 Å². The summed E-state index contributed by atoms with van der Waals surface area (Å²) in [7, 11) is 2.09. The van der Waals surface area contributed by atoms with Crippen LogP contribution in [0.4, 0.5) is 0 Å². The van der Waals surface area contributed by atoms with Crippen molar-refractivity contribution in [3.8, 4) is 0 Å². The van der Waals surface area contributed by atoms with Crippen LogP contribution in [0, 0.1) is 5.92 Å². The minimum Gasteiger partial charge on any atom is -0.354 e. The molecule has 1 saturated heterocycles. The third kappa shape index (κ3) is 4.04. The summed E-state index contributed by atoms with van der Waals surface area (Å²) in [6, 6.07) is 10.7. The standard InChI is InChI=1S/C15H23N3O/c1-12(8-17-15(19)14-9-16-10-14)18(2)11-13-6-4-3-5-7-13/h3-7,12,14,16H,8-11H2,1-2H3,(H,17,19). The van der Waals surface area contributed by atoms with Crippen molar-refractivity contribution in [2.24, 2.45) is 5.92 Å². The number of carbonyl (C=O) groups excluding carboxylic acids is 1. The highest BCUT2D eigenvalue weighted by molar-refractivity contribution is 5.80. The average molecular weight is 261 g/mol. The molecule has 1 unspecified atom stereocenters. The Labute approximate surface area is 115 Å². The van der Waals surface area contributed by atoms with Gasteiger partial charge in [-0.2, -0.15) is 0 Å². The molecule has 2 rings (SSSR count). The van der Waals surface area contributed by atoms with Crippen LogP contribution in [-0.2, 0) is 11.3 Å². The summed E-state index contributed by atoms with van der Waals surface area (Å²) < 4.78 is 0. The molecular formula is C15H23N3O. The van der Waals surface area contributed by atoms with E-state index >= 15 is 0 Å². The lowest BCUT2D eigenvalue weighted by atomic mass is 10.0. The van der Waals surface area contributed by atoms with E-state index in [9.17, 15) is 4.79 Å². The van der Waals surface area contributed by atoms with Gasteiger partial charge >= 0.3 is 0 Å². The number of nitrogens with one attached hydrogen (secondary N) is 2. The molecule has 19 heavy (non-hydrogen) atoms. The molecule has 2 N–H and O–H groups in total. The Hall–Kier alpha value is -1.39. The lowest BCUT2D eigenvalue weighted by molar-refractivity contribution is -0.126. The van der Waals surface area contributed by atoms with Crippen LogP contribution >= 0.6 is 0 Å². The zero-order valence-electron chi connectivity index (χ0n) is 11.7. The van der Waals surface area contributed by atoms with E-state index in [4.69, 9.17) is 0 Å². The Morgan fingerprint density at radius 1 is 1.42 bits per heavy atom. The second-order valence-corrected chi connectivity index (χ2v) is 5.35. The maximum absolute atomic E-state index is 11.7. The SMILES string of the molecule is CC(CNC(=O)C1CNC1)N(C)Cc1ccccc1. The molecule has 1 fully saturated rings. The van der Waals surface area contributed by atoms with Crippen molar-refractivity contribution in [1.29, 1.82) is 0 Å². The van der Waals surface area contributed by atoms with Crippen molar-refractivity contribution < 1.29 is 4.79 Å². The predicted octanol–water partition coefficient (Wildman–Crippen LogP) is 0.843. The second-order valence-electron chi connectivity index (χ2n) is 5.35. The van der Waals surface area contributed by atoms with Crippen molar-refractivity contribution in [3.05, 3.63) is 35.9 Å². The summed E-state index contributed by atoms with van der Waals surface area (Å²) in [6.45, 7) is 5.39. The van der Waals surface area contributed by atoms with E-state index in [1.807, 2.05) is 6.07 Å². The first-order valence-corrected chi connectivity index (χ1v) is 6.89. The summed E-state index contributed by atoms with van der Waals surface area (Å²) in [5.74, 6) is 0.352. The van der Waals surface area contributed by atoms with Crippen molar-refractivity contribution in [3.63, 3.8) is 0 Å². The smallest absolute Gasteiger partial charge is 0.225 e. The Morgan fingerprint density at radius 2 is 2.11 bits per heavy atom. The first-order chi connectivity index (χ1) is 9.16. The molecule has 1 aliphatic rings. The fraction of sp³-hybridized carbons (Fsp3) is 0.533. The molecule has 1 amide bonds. The maximum atomic E-state index is 11.7. The van der Waals surface area contributed by atoms with Gasteiger partial charge < -0.3 is 10.6 Å². The summed E-state index contributed by atoms with van der Waals surface area (Å²) in [5, 5.41) is 6.14. The monoisotopic (exact) mass is 261 g/mol. The molecule has 4 heteroatoms. The van der Waals surface area contributed by atoms with Crippen molar-refractivity contribution >= 4 is 5.91 Å². The molecule has 0 aliphatic carbocycles. The van der Waals surface area contributed by atoms with Gasteiger partial charge in [-0.3, -0.25) is 9.69 Å². The molecule has 1 aliphatic heterocycles.